The Morgan fingerprint density at radius 1 is 1.75 bits per heavy atom. The van der Waals surface area contributed by atoms with Crippen LogP contribution in [0.4, 0.5) is 0 Å². The van der Waals surface area contributed by atoms with E-state index in [-0.39, 0.29) is 35.1 Å². The van der Waals surface area contributed by atoms with E-state index in [9.17, 15) is 4.79 Å². The summed E-state index contributed by atoms with van der Waals surface area (Å²) in [5, 5.41) is 0. The molecule has 2 nitrogen and oxygen atoms in total. The SMILES string of the molecule is CC(=O)[O][AlH][Cl].[CH3].[Ti]. The summed E-state index contributed by atoms with van der Waals surface area (Å²) in [5.74, 6) is -0.281. The van der Waals surface area contributed by atoms with E-state index in [1.165, 1.54) is 6.92 Å². The molecule has 0 N–H and O–H groups in total. The first-order valence-electron chi connectivity index (χ1n) is 1.46. The van der Waals surface area contributed by atoms with Gasteiger partial charge in [-0.15, -0.1) is 0 Å². The van der Waals surface area contributed by atoms with Crippen LogP contribution in [0.3, 0.4) is 0 Å². The third-order valence-corrected chi connectivity index (χ3v) is 1.10. The van der Waals surface area contributed by atoms with Crippen LogP contribution in [0.5, 0.6) is 0 Å². The Bertz CT molecular complexity index is 61.2. The molecule has 0 heterocycles. The molecule has 0 fully saturated rings. The van der Waals surface area contributed by atoms with Gasteiger partial charge in [0.05, 0.1) is 0 Å². The fraction of sp³-hybridized carbons (Fsp3) is 0.333. The minimum Gasteiger partial charge on any atom is -0.608 e. The number of carbonyl (C=O) groups excluding carboxylic acids is 1. The molecule has 0 rings (SSSR count). The predicted octanol–water partition coefficient (Wildman–Crippen LogP) is 0.503. The first kappa shape index (κ1) is 16.0. The normalized spacial score (nSPS) is 5.25. The van der Waals surface area contributed by atoms with Gasteiger partial charge in [-0.1, -0.05) is 7.43 Å². The van der Waals surface area contributed by atoms with Gasteiger partial charge in [0, 0.05) is 28.6 Å². The van der Waals surface area contributed by atoms with Crippen molar-refractivity contribution in [3.05, 3.63) is 7.43 Å². The van der Waals surface area contributed by atoms with Crippen molar-refractivity contribution >= 4 is 30.7 Å². The molecule has 45 valence electrons. The van der Waals surface area contributed by atoms with Crippen molar-refractivity contribution in [1.82, 2.24) is 0 Å². The molecule has 0 aromatic heterocycles. The molecule has 0 unspecified atom stereocenters. The van der Waals surface area contributed by atoms with Crippen LogP contribution < -0.4 is 0 Å². The minimum absolute atomic E-state index is 0. The van der Waals surface area contributed by atoms with Gasteiger partial charge in [0.15, 0.2) is 0 Å². The molecule has 0 aliphatic carbocycles. The van der Waals surface area contributed by atoms with Gasteiger partial charge in [0.25, 0.3) is 5.97 Å². The van der Waals surface area contributed by atoms with Crippen molar-refractivity contribution in [2.45, 2.75) is 6.92 Å². The zero-order valence-corrected chi connectivity index (χ0v) is 8.63. The Morgan fingerprint density at radius 3 is 2.12 bits per heavy atom. The van der Waals surface area contributed by atoms with Crippen LogP contribution in [0.25, 0.3) is 0 Å². The third kappa shape index (κ3) is 15.7. The molecular weight excluding hydrogens is 178 g/mol. The molecular formula is C3H7AlClO2Ti. The van der Waals surface area contributed by atoms with Crippen LogP contribution in [0.2, 0.25) is 0 Å². The number of carbonyl (C=O) groups is 1. The first-order valence-corrected chi connectivity index (χ1v) is 4.18. The van der Waals surface area contributed by atoms with Gasteiger partial charge in [0.2, 0.25) is 0 Å². The maximum atomic E-state index is 9.77. The summed E-state index contributed by atoms with van der Waals surface area (Å²) in [6.45, 7) is 1.34. The molecule has 5 heteroatoms. The average Bonchev–Trinajstić information content (AvgIpc) is 1.35. The summed E-state index contributed by atoms with van der Waals surface area (Å²) in [5.41, 5.74) is 0. The number of hydrogen-bond donors (Lipinski definition) is 0. The van der Waals surface area contributed by atoms with Gasteiger partial charge in [-0.25, -0.2) is 10.0 Å². The van der Waals surface area contributed by atoms with Crippen molar-refractivity contribution in [3.63, 3.8) is 0 Å². The molecule has 0 aliphatic heterocycles. The van der Waals surface area contributed by atoms with Gasteiger partial charge >= 0.3 is 14.6 Å². The van der Waals surface area contributed by atoms with E-state index in [4.69, 9.17) is 10.0 Å². The largest absolute Gasteiger partial charge is 0.656 e. The maximum Gasteiger partial charge on any atom is 0.656 e. The van der Waals surface area contributed by atoms with E-state index in [2.05, 4.69) is 3.79 Å². The molecule has 0 aromatic rings. The molecule has 0 aromatic carbocycles. The molecule has 0 aliphatic rings. The third-order valence-electron chi connectivity index (χ3n) is 0.258. The topological polar surface area (TPSA) is 26.3 Å². The molecule has 0 bridgehead atoms. The van der Waals surface area contributed by atoms with E-state index in [1.807, 2.05) is 0 Å². The quantitative estimate of drug-likeness (QED) is 0.556. The second kappa shape index (κ2) is 10.9. The van der Waals surface area contributed by atoms with Crippen LogP contribution in [-0.4, -0.2) is 20.6 Å². The van der Waals surface area contributed by atoms with Gasteiger partial charge in [-0.2, -0.15) is 0 Å². The molecule has 0 amide bonds. The minimum atomic E-state index is -1.01. The molecule has 8 heavy (non-hydrogen) atoms. The number of halogens is 1. The Labute approximate surface area is 75.1 Å². The Morgan fingerprint density at radius 2 is 2.12 bits per heavy atom. The smallest absolute Gasteiger partial charge is 0.608 e. The standard InChI is InChI=1S/C2H4O2.CH3.Al.ClH.Ti.H/c1-2(3)4;;;;;/h1H3,(H,3,4);1H3;;1H;;/q;;+2;;;/p-2. The van der Waals surface area contributed by atoms with E-state index in [0.29, 0.717) is 0 Å². The Balaban J connectivity index is -0.000000125. The fourth-order valence-electron chi connectivity index (χ4n) is 0.0768. The first-order chi connectivity index (χ1) is 2.77. The van der Waals surface area contributed by atoms with Crippen LogP contribution in [0.15, 0.2) is 0 Å². The van der Waals surface area contributed by atoms with Crippen LogP contribution >= 0.6 is 10.0 Å². The van der Waals surface area contributed by atoms with Gasteiger partial charge in [-0.05, 0) is 0 Å². The molecule has 0 spiro atoms. The summed E-state index contributed by atoms with van der Waals surface area (Å²) >= 11 is -1.01. The zero-order valence-electron chi connectivity index (χ0n) is 4.90. The van der Waals surface area contributed by atoms with Gasteiger partial charge in [-0.3, -0.25) is 4.79 Å². The number of rotatable bonds is 1. The summed E-state index contributed by atoms with van der Waals surface area (Å²) in [4.78, 5) is 9.77. The second-order valence-electron chi connectivity index (χ2n) is 0.745. The summed E-state index contributed by atoms with van der Waals surface area (Å²) in [6, 6.07) is 0. The van der Waals surface area contributed by atoms with Crippen molar-refractivity contribution in [2.24, 2.45) is 0 Å². The van der Waals surface area contributed by atoms with Crippen molar-refractivity contribution < 1.29 is 30.3 Å². The molecule has 0 saturated carbocycles. The maximum absolute atomic E-state index is 9.77. The Hall–Kier alpha value is 1.01. The summed E-state index contributed by atoms with van der Waals surface area (Å²) in [6.07, 6.45) is 0. The van der Waals surface area contributed by atoms with Gasteiger partial charge in [0.1, 0.15) is 0 Å². The monoisotopic (exact) mass is 185 g/mol. The van der Waals surface area contributed by atoms with E-state index in [0.717, 1.165) is 0 Å². The van der Waals surface area contributed by atoms with Crippen molar-refractivity contribution in [1.29, 1.82) is 0 Å². The molecule has 1 radical (unpaired) electrons. The average molecular weight is 185 g/mol. The van der Waals surface area contributed by atoms with E-state index in [1.54, 1.807) is 0 Å². The fourth-order valence-corrected chi connectivity index (χ4v) is 0.691. The van der Waals surface area contributed by atoms with E-state index < -0.39 is 14.6 Å². The van der Waals surface area contributed by atoms with Crippen molar-refractivity contribution in [2.75, 3.05) is 0 Å². The van der Waals surface area contributed by atoms with Crippen LogP contribution in [0, 0.1) is 7.43 Å². The zero-order chi connectivity index (χ0) is 4.99. The van der Waals surface area contributed by atoms with Crippen molar-refractivity contribution in [3.8, 4) is 0 Å². The predicted molar refractivity (Wildman–Crippen MR) is 31.2 cm³/mol. The summed E-state index contributed by atoms with van der Waals surface area (Å²) < 4.78 is 4.31. The van der Waals surface area contributed by atoms with Crippen LogP contribution in [0.1, 0.15) is 6.92 Å². The van der Waals surface area contributed by atoms with E-state index >= 15 is 0 Å². The van der Waals surface area contributed by atoms with Crippen LogP contribution in [-0.2, 0) is 30.3 Å². The van der Waals surface area contributed by atoms with Gasteiger partial charge < -0.3 is 3.79 Å². The Kier molecular flexibility index (Phi) is 21.8. The second-order valence-corrected chi connectivity index (χ2v) is 1.91. The molecule has 0 atom stereocenters. The molecule has 0 saturated heterocycles. The summed E-state index contributed by atoms with van der Waals surface area (Å²) in [7, 11) is 5.09. The number of hydrogen-bond acceptors (Lipinski definition) is 2.